The van der Waals surface area contributed by atoms with E-state index in [9.17, 15) is 18.0 Å². The minimum absolute atomic E-state index is 0. The summed E-state index contributed by atoms with van der Waals surface area (Å²) in [6.45, 7) is 0.848. The third-order valence-corrected chi connectivity index (χ3v) is 2.58. The molecule has 0 spiro atoms. The lowest BCUT2D eigenvalue weighted by molar-refractivity contribution is -0.235. The Balaban J connectivity index is 0.00000169. The summed E-state index contributed by atoms with van der Waals surface area (Å²) in [4.78, 5) is 10.6. The van der Waals surface area contributed by atoms with Crippen LogP contribution in [0.5, 0.6) is 0 Å². The highest BCUT2D eigenvalue weighted by Gasteiger charge is 2.65. The van der Waals surface area contributed by atoms with Crippen LogP contribution in [-0.4, -0.2) is 30.3 Å². The molecule has 0 radical (unpaired) electrons. The van der Waals surface area contributed by atoms with Gasteiger partial charge in [-0.15, -0.1) is 12.4 Å². The fraction of sp³-hybridized carbons (Fsp3) is 0.857. The predicted molar refractivity (Wildman–Crippen MR) is 45.4 cm³/mol. The number of hydrogen-bond acceptors (Lipinski definition) is 2. The first-order valence-corrected chi connectivity index (χ1v) is 3.83. The molecule has 0 aliphatic carbocycles. The lowest BCUT2D eigenvalue weighted by Crippen LogP contribution is -2.50. The van der Waals surface area contributed by atoms with Crippen molar-refractivity contribution in [2.45, 2.75) is 13.1 Å². The van der Waals surface area contributed by atoms with Gasteiger partial charge in [0.15, 0.2) is 5.41 Å². The monoisotopic (exact) mass is 233 g/mol. The van der Waals surface area contributed by atoms with E-state index in [2.05, 4.69) is 5.32 Å². The molecule has 0 aromatic carbocycles. The molecule has 3 nitrogen and oxygen atoms in total. The molecule has 1 saturated heterocycles. The van der Waals surface area contributed by atoms with Crippen LogP contribution in [0.1, 0.15) is 6.92 Å². The second kappa shape index (κ2) is 3.94. The molecular weight excluding hydrogens is 223 g/mol. The SMILES string of the molecule is CC1CNCC1(C(=O)O)C(F)(F)F.Cl. The van der Waals surface area contributed by atoms with Crippen LogP contribution < -0.4 is 5.32 Å². The molecule has 1 rings (SSSR count). The summed E-state index contributed by atoms with van der Waals surface area (Å²) in [7, 11) is 0. The Labute approximate surface area is 85.1 Å². The molecule has 2 N–H and O–H groups in total. The zero-order valence-corrected chi connectivity index (χ0v) is 8.21. The van der Waals surface area contributed by atoms with Gasteiger partial charge >= 0.3 is 12.1 Å². The molecule has 0 aromatic rings. The average Bonchev–Trinajstić information content (AvgIpc) is 2.29. The van der Waals surface area contributed by atoms with Gasteiger partial charge in [-0.2, -0.15) is 13.2 Å². The molecule has 0 aromatic heterocycles. The number of rotatable bonds is 1. The minimum Gasteiger partial charge on any atom is -0.481 e. The summed E-state index contributed by atoms with van der Waals surface area (Å²) in [5.74, 6) is -2.72. The number of carboxylic acids is 1. The maximum Gasteiger partial charge on any atom is 0.406 e. The maximum atomic E-state index is 12.5. The van der Waals surface area contributed by atoms with Gasteiger partial charge in [0, 0.05) is 6.54 Å². The van der Waals surface area contributed by atoms with Crippen molar-refractivity contribution in [1.82, 2.24) is 5.32 Å². The second-order valence-corrected chi connectivity index (χ2v) is 3.31. The smallest absolute Gasteiger partial charge is 0.406 e. The quantitative estimate of drug-likeness (QED) is 0.717. The molecule has 1 aliphatic heterocycles. The standard InChI is InChI=1S/C7H10F3NO2.ClH/c1-4-2-11-3-6(4,5(12)13)7(8,9)10;/h4,11H,2-3H2,1H3,(H,12,13);1H. The van der Waals surface area contributed by atoms with Gasteiger partial charge in [-0.25, -0.2) is 0 Å². The molecule has 0 saturated carbocycles. The summed E-state index contributed by atoms with van der Waals surface area (Å²) in [6.07, 6.45) is -4.69. The number of nitrogens with one attached hydrogen (secondary N) is 1. The number of carbonyl (C=O) groups is 1. The van der Waals surface area contributed by atoms with Gasteiger partial charge in [0.25, 0.3) is 0 Å². The molecule has 1 fully saturated rings. The summed E-state index contributed by atoms with van der Waals surface area (Å²) < 4.78 is 37.5. The van der Waals surface area contributed by atoms with E-state index in [0.29, 0.717) is 0 Å². The van der Waals surface area contributed by atoms with E-state index in [0.717, 1.165) is 0 Å². The Kier molecular flexibility index (Phi) is 3.80. The molecule has 1 heterocycles. The topological polar surface area (TPSA) is 49.3 Å². The molecule has 2 unspecified atom stereocenters. The van der Waals surface area contributed by atoms with Crippen LogP contribution in [0.3, 0.4) is 0 Å². The van der Waals surface area contributed by atoms with Crippen molar-refractivity contribution in [1.29, 1.82) is 0 Å². The Morgan fingerprint density at radius 2 is 2.07 bits per heavy atom. The number of hydrogen-bond donors (Lipinski definition) is 2. The summed E-state index contributed by atoms with van der Waals surface area (Å²) in [5.41, 5.74) is -2.60. The molecule has 1 aliphatic rings. The number of halogens is 4. The fourth-order valence-electron chi connectivity index (χ4n) is 1.62. The average molecular weight is 234 g/mol. The fourth-order valence-corrected chi connectivity index (χ4v) is 1.62. The molecule has 2 atom stereocenters. The number of alkyl halides is 3. The van der Waals surface area contributed by atoms with E-state index >= 15 is 0 Å². The Morgan fingerprint density at radius 3 is 2.21 bits per heavy atom. The van der Waals surface area contributed by atoms with Crippen LogP contribution in [0.2, 0.25) is 0 Å². The van der Waals surface area contributed by atoms with Gasteiger partial charge in [0.05, 0.1) is 0 Å². The van der Waals surface area contributed by atoms with Crippen LogP contribution in [0, 0.1) is 11.3 Å². The van der Waals surface area contributed by atoms with Gasteiger partial charge in [-0.1, -0.05) is 6.92 Å². The molecule has 0 amide bonds. The van der Waals surface area contributed by atoms with Crippen LogP contribution >= 0.6 is 12.4 Å². The highest BCUT2D eigenvalue weighted by atomic mass is 35.5. The van der Waals surface area contributed by atoms with E-state index < -0.39 is 30.0 Å². The third kappa shape index (κ3) is 1.68. The van der Waals surface area contributed by atoms with Crippen LogP contribution in [0.15, 0.2) is 0 Å². The van der Waals surface area contributed by atoms with Crippen molar-refractivity contribution in [3.05, 3.63) is 0 Å². The highest BCUT2D eigenvalue weighted by Crippen LogP contribution is 2.46. The van der Waals surface area contributed by atoms with Crippen molar-refractivity contribution in [2.75, 3.05) is 13.1 Å². The summed E-state index contributed by atoms with van der Waals surface area (Å²) in [6, 6.07) is 0. The first kappa shape index (κ1) is 13.5. The summed E-state index contributed by atoms with van der Waals surface area (Å²) >= 11 is 0. The Bertz CT molecular complexity index is 233. The maximum absolute atomic E-state index is 12.5. The van der Waals surface area contributed by atoms with E-state index in [1.165, 1.54) is 6.92 Å². The molecule has 7 heteroatoms. The van der Waals surface area contributed by atoms with E-state index in [4.69, 9.17) is 5.11 Å². The largest absolute Gasteiger partial charge is 0.481 e. The van der Waals surface area contributed by atoms with Crippen molar-refractivity contribution in [3.63, 3.8) is 0 Å². The normalized spacial score (nSPS) is 32.4. The third-order valence-electron chi connectivity index (χ3n) is 2.58. The van der Waals surface area contributed by atoms with Crippen molar-refractivity contribution in [2.24, 2.45) is 11.3 Å². The lowest BCUT2D eigenvalue weighted by atomic mass is 9.78. The van der Waals surface area contributed by atoms with Crippen molar-refractivity contribution < 1.29 is 23.1 Å². The van der Waals surface area contributed by atoms with Crippen LogP contribution in [0.4, 0.5) is 13.2 Å². The van der Waals surface area contributed by atoms with E-state index in [-0.39, 0.29) is 19.0 Å². The van der Waals surface area contributed by atoms with Gasteiger partial charge in [-0.3, -0.25) is 4.79 Å². The minimum atomic E-state index is -4.69. The Morgan fingerprint density at radius 1 is 1.57 bits per heavy atom. The lowest BCUT2D eigenvalue weighted by Gasteiger charge is -2.30. The van der Waals surface area contributed by atoms with Gasteiger partial charge in [-0.05, 0) is 12.5 Å². The first-order valence-electron chi connectivity index (χ1n) is 3.83. The zero-order chi connectivity index (χ0) is 10.3. The number of carboxylic acid groups (broad SMARTS) is 1. The Hall–Kier alpha value is -0.490. The van der Waals surface area contributed by atoms with Crippen LogP contribution in [-0.2, 0) is 4.79 Å². The van der Waals surface area contributed by atoms with Gasteiger partial charge in [0.2, 0.25) is 0 Å². The number of aliphatic carboxylic acids is 1. The van der Waals surface area contributed by atoms with E-state index in [1.54, 1.807) is 0 Å². The molecule has 14 heavy (non-hydrogen) atoms. The van der Waals surface area contributed by atoms with Crippen molar-refractivity contribution >= 4 is 18.4 Å². The molecule has 0 bridgehead atoms. The summed E-state index contributed by atoms with van der Waals surface area (Å²) in [5, 5.41) is 11.1. The van der Waals surface area contributed by atoms with Gasteiger partial charge in [0.1, 0.15) is 0 Å². The zero-order valence-electron chi connectivity index (χ0n) is 7.39. The van der Waals surface area contributed by atoms with Crippen molar-refractivity contribution in [3.8, 4) is 0 Å². The predicted octanol–water partition coefficient (Wildman–Crippen LogP) is 1.28. The second-order valence-electron chi connectivity index (χ2n) is 3.31. The first-order chi connectivity index (χ1) is 5.82. The van der Waals surface area contributed by atoms with Crippen LogP contribution in [0.25, 0.3) is 0 Å². The van der Waals surface area contributed by atoms with E-state index in [1.807, 2.05) is 0 Å². The van der Waals surface area contributed by atoms with Gasteiger partial charge < -0.3 is 10.4 Å². The molecule has 84 valence electrons. The molecular formula is C7H11ClF3NO2. The highest BCUT2D eigenvalue weighted by molar-refractivity contribution is 5.85.